The van der Waals surface area contributed by atoms with Crippen LogP contribution in [-0.2, 0) is 4.79 Å². The molecule has 1 fully saturated rings. The van der Waals surface area contributed by atoms with Crippen molar-refractivity contribution in [3.05, 3.63) is 53.7 Å². The SMILES string of the molecule is Cc1cccc(C(C)C)c1NC(=O)C[NH+]1CCN(c2cccc[nH+]2)CC1. The Bertz CT molecular complexity index is 737. The van der Waals surface area contributed by atoms with Gasteiger partial charge < -0.3 is 10.2 Å². The average molecular weight is 354 g/mol. The second-order valence-electron chi connectivity index (χ2n) is 7.40. The number of aryl methyl sites for hydroxylation is 1. The highest BCUT2D eigenvalue weighted by Gasteiger charge is 2.27. The normalized spacial score (nSPS) is 15.3. The Hall–Kier alpha value is -2.40. The van der Waals surface area contributed by atoms with Crippen molar-refractivity contribution in [1.82, 2.24) is 0 Å². The van der Waals surface area contributed by atoms with Gasteiger partial charge in [-0.05, 0) is 30.0 Å². The zero-order chi connectivity index (χ0) is 18.5. The van der Waals surface area contributed by atoms with Gasteiger partial charge in [0.1, 0.15) is 26.2 Å². The molecule has 0 atom stereocenters. The van der Waals surface area contributed by atoms with Crippen LogP contribution in [0.2, 0.25) is 0 Å². The average Bonchev–Trinajstić information content (AvgIpc) is 2.64. The highest BCUT2D eigenvalue weighted by atomic mass is 16.2. The molecule has 0 spiro atoms. The number of para-hydroxylation sites is 1. The van der Waals surface area contributed by atoms with Crippen LogP contribution >= 0.6 is 0 Å². The van der Waals surface area contributed by atoms with Gasteiger partial charge in [0.2, 0.25) is 0 Å². The van der Waals surface area contributed by atoms with Crippen molar-refractivity contribution in [3.63, 3.8) is 0 Å². The number of hydrogen-bond acceptors (Lipinski definition) is 2. The number of anilines is 2. The van der Waals surface area contributed by atoms with Gasteiger partial charge in [0.05, 0.1) is 6.20 Å². The molecule has 1 saturated heterocycles. The Morgan fingerprint density at radius 3 is 2.62 bits per heavy atom. The maximum atomic E-state index is 12.6. The minimum absolute atomic E-state index is 0.107. The third kappa shape index (κ3) is 4.41. The molecule has 1 aromatic carbocycles. The molecule has 0 aliphatic carbocycles. The number of nitrogens with one attached hydrogen (secondary N) is 3. The Morgan fingerprint density at radius 2 is 1.96 bits per heavy atom. The Kier molecular flexibility index (Phi) is 5.89. The minimum atomic E-state index is 0.107. The molecule has 5 heteroatoms. The van der Waals surface area contributed by atoms with Crippen LogP contribution < -0.4 is 20.1 Å². The fourth-order valence-corrected chi connectivity index (χ4v) is 3.57. The van der Waals surface area contributed by atoms with Crippen LogP contribution in [0.15, 0.2) is 42.6 Å². The van der Waals surface area contributed by atoms with Gasteiger partial charge in [-0.25, -0.2) is 4.98 Å². The first-order valence-corrected chi connectivity index (χ1v) is 9.49. The molecule has 0 unspecified atom stereocenters. The second kappa shape index (κ2) is 8.32. The van der Waals surface area contributed by atoms with Crippen molar-refractivity contribution < 1.29 is 14.7 Å². The number of H-pyrrole nitrogens is 1. The van der Waals surface area contributed by atoms with Crippen molar-refractivity contribution in [1.29, 1.82) is 0 Å². The van der Waals surface area contributed by atoms with Crippen molar-refractivity contribution in [2.24, 2.45) is 0 Å². The lowest BCUT2D eigenvalue weighted by molar-refractivity contribution is -0.892. The number of aromatic nitrogens is 1. The van der Waals surface area contributed by atoms with E-state index in [1.54, 1.807) is 0 Å². The molecule has 0 radical (unpaired) electrons. The molecular formula is C21H30N4O+2. The van der Waals surface area contributed by atoms with Crippen molar-refractivity contribution in [3.8, 4) is 0 Å². The minimum Gasteiger partial charge on any atom is -0.321 e. The molecule has 138 valence electrons. The van der Waals surface area contributed by atoms with E-state index in [1.165, 1.54) is 10.5 Å². The monoisotopic (exact) mass is 354 g/mol. The molecule has 26 heavy (non-hydrogen) atoms. The van der Waals surface area contributed by atoms with E-state index in [0.29, 0.717) is 12.5 Å². The molecule has 5 nitrogen and oxygen atoms in total. The van der Waals surface area contributed by atoms with E-state index < -0.39 is 0 Å². The van der Waals surface area contributed by atoms with Gasteiger partial charge in [-0.1, -0.05) is 38.1 Å². The van der Waals surface area contributed by atoms with Crippen LogP contribution in [-0.4, -0.2) is 38.6 Å². The first-order valence-electron chi connectivity index (χ1n) is 9.49. The molecule has 1 aliphatic rings. The largest absolute Gasteiger partial charge is 0.321 e. The molecule has 2 heterocycles. The lowest BCUT2D eigenvalue weighted by Gasteiger charge is -2.28. The zero-order valence-corrected chi connectivity index (χ0v) is 16.0. The highest BCUT2D eigenvalue weighted by Crippen LogP contribution is 2.27. The highest BCUT2D eigenvalue weighted by molar-refractivity contribution is 5.93. The maximum absolute atomic E-state index is 12.6. The number of nitrogens with zero attached hydrogens (tertiary/aromatic N) is 1. The molecule has 3 N–H and O–H groups in total. The predicted octanol–water partition coefficient (Wildman–Crippen LogP) is 1.28. The fraction of sp³-hybridized carbons (Fsp3) is 0.429. The summed E-state index contributed by atoms with van der Waals surface area (Å²) in [6, 6.07) is 12.4. The Morgan fingerprint density at radius 1 is 1.19 bits per heavy atom. The molecule has 3 rings (SSSR count). The van der Waals surface area contributed by atoms with Gasteiger partial charge in [0, 0.05) is 11.8 Å². The van der Waals surface area contributed by atoms with E-state index in [-0.39, 0.29) is 5.91 Å². The lowest BCUT2D eigenvalue weighted by atomic mass is 9.98. The molecular weight excluding hydrogens is 324 g/mol. The number of benzene rings is 1. The topological polar surface area (TPSA) is 50.9 Å². The summed E-state index contributed by atoms with van der Waals surface area (Å²) >= 11 is 0. The summed E-state index contributed by atoms with van der Waals surface area (Å²) in [5, 5.41) is 3.17. The predicted molar refractivity (Wildman–Crippen MR) is 105 cm³/mol. The first-order chi connectivity index (χ1) is 12.5. The fourth-order valence-electron chi connectivity index (χ4n) is 3.57. The van der Waals surface area contributed by atoms with Crippen molar-refractivity contribution in [2.75, 3.05) is 42.9 Å². The number of carbonyl (C=O) groups is 1. The molecule has 1 aromatic heterocycles. The molecule has 1 amide bonds. The number of rotatable bonds is 5. The molecule has 2 aromatic rings. The van der Waals surface area contributed by atoms with Gasteiger partial charge in [0.15, 0.2) is 6.54 Å². The van der Waals surface area contributed by atoms with E-state index in [0.717, 1.165) is 43.2 Å². The zero-order valence-electron chi connectivity index (χ0n) is 16.0. The first kappa shape index (κ1) is 18.4. The van der Waals surface area contributed by atoms with Crippen molar-refractivity contribution >= 4 is 17.4 Å². The number of hydrogen-bond donors (Lipinski definition) is 2. The van der Waals surface area contributed by atoms with Gasteiger partial charge in [-0.2, -0.15) is 0 Å². The molecule has 0 saturated carbocycles. The van der Waals surface area contributed by atoms with E-state index in [9.17, 15) is 4.79 Å². The van der Waals surface area contributed by atoms with Crippen LogP contribution in [0.25, 0.3) is 0 Å². The van der Waals surface area contributed by atoms with Gasteiger partial charge in [0.25, 0.3) is 11.7 Å². The van der Waals surface area contributed by atoms with Gasteiger partial charge in [-0.3, -0.25) is 9.69 Å². The summed E-state index contributed by atoms with van der Waals surface area (Å²) in [5.74, 6) is 1.65. The van der Waals surface area contributed by atoms with E-state index >= 15 is 0 Å². The standard InChI is InChI=1S/C21H28N4O/c1-16(2)18-8-6-7-17(3)21(18)23-20(26)15-24-11-13-25(14-12-24)19-9-4-5-10-22-19/h4-10,16H,11-15H2,1-3H3,(H,23,26)/p+2. The summed E-state index contributed by atoms with van der Waals surface area (Å²) in [4.78, 5) is 19.6. The Balaban J connectivity index is 1.56. The van der Waals surface area contributed by atoms with Crippen molar-refractivity contribution in [2.45, 2.75) is 26.7 Å². The maximum Gasteiger partial charge on any atom is 0.279 e. The van der Waals surface area contributed by atoms with Gasteiger partial charge >= 0.3 is 0 Å². The number of quaternary nitrogens is 1. The third-order valence-electron chi connectivity index (χ3n) is 5.11. The number of carbonyl (C=O) groups excluding carboxylic acids is 1. The number of aromatic amines is 1. The number of pyridine rings is 1. The van der Waals surface area contributed by atoms with Crippen LogP contribution in [0.1, 0.15) is 30.9 Å². The van der Waals surface area contributed by atoms with Crippen LogP contribution in [0.4, 0.5) is 11.5 Å². The lowest BCUT2D eigenvalue weighted by Crippen LogP contribution is -3.15. The van der Waals surface area contributed by atoms with Gasteiger partial charge in [-0.15, -0.1) is 0 Å². The van der Waals surface area contributed by atoms with Crippen LogP contribution in [0, 0.1) is 6.92 Å². The summed E-state index contributed by atoms with van der Waals surface area (Å²) in [7, 11) is 0. The number of amides is 1. The second-order valence-corrected chi connectivity index (χ2v) is 7.40. The van der Waals surface area contributed by atoms with E-state index in [4.69, 9.17) is 0 Å². The summed E-state index contributed by atoms with van der Waals surface area (Å²) < 4.78 is 0. The van der Waals surface area contributed by atoms with Crippen LogP contribution in [0.5, 0.6) is 0 Å². The third-order valence-corrected chi connectivity index (χ3v) is 5.11. The summed E-state index contributed by atoms with van der Waals surface area (Å²) in [6.07, 6.45) is 1.95. The Labute approximate surface area is 156 Å². The van der Waals surface area contributed by atoms with E-state index in [1.807, 2.05) is 18.3 Å². The van der Waals surface area contributed by atoms with Crippen LogP contribution in [0.3, 0.4) is 0 Å². The smallest absolute Gasteiger partial charge is 0.279 e. The number of piperazine rings is 1. The molecule has 0 bridgehead atoms. The van der Waals surface area contributed by atoms with E-state index in [2.05, 4.69) is 60.2 Å². The molecule has 1 aliphatic heterocycles. The summed E-state index contributed by atoms with van der Waals surface area (Å²) in [6.45, 7) is 10.8. The quantitative estimate of drug-likeness (QED) is 0.850. The summed E-state index contributed by atoms with van der Waals surface area (Å²) in [5.41, 5.74) is 3.33.